The molecule has 0 fully saturated rings. The van der Waals surface area contributed by atoms with Crippen LogP contribution in [0.25, 0.3) is 0 Å². The monoisotopic (exact) mass is 357 g/mol. The molecule has 0 saturated carbocycles. The Kier molecular flexibility index (Phi) is 17.7. The lowest BCUT2D eigenvalue weighted by Gasteiger charge is -2.23. The van der Waals surface area contributed by atoms with Gasteiger partial charge >= 0.3 is 0 Å². The van der Waals surface area contributed by atoms with Gasteiger partial charge in [-0.2, -0.15) is 0 Å². The highest BCUT2D eigenvalue weighted by atomic mass is 16.3. The Labute approximate surface area is 155 Å². The first kappa shape index (κ1) is 24.4. The number of likely N-dealkylation sites (N-methyl/N-ethyl adjacent to an activating group) is 1. The Bertz CT molecular complexity index is 301. The van der Waals surface area contributed by atoms with Crippen LogP contribution < -0.4 is 10.6 Å². The number of nitrogens with one attached hydrogen (secondary N) is 2. The van der Waals surface area contributed by atoms with E-state index in [9.17, 15) is 9.90 Å². The van der Waals surface area contributed by atoms with Crippen molar-refractivity contribution >= 4 is 5.91 Å². The molecule has 0 bridgehead atoms. The summed E-state index contributed by atoms with van der Waals surface area (Å²) in [6, 6.07) is 0. The maximum absolute atomic E-state index is 10.8. The van der Waals surface area contributed by atoms with Crippen molar-refractivity contribution in [2.24, 2.45) is 0 Å². The van der Waals surface area contributed by atoms with Gasteiger partial charge in [0, 0.05) is 39.6 Å². The van der Waals surface area contributed by atoms with E-state index in [1.807, 2.05) is 0 Å². The van der Waals surface area contributed by atoms with Gasteiger partial charge in [0.2, 0.25) is 5.91 Å². The molecule has 25 heavy (non-hydrogen) atoms. The molecule has 5 nitrogen and oxygen atoms in total. The number of unbranched alkanes of at least 4 members (excludes halogenated alkanes) is 7. The summed E-state index contributed by atoms with van der Waals surface area (Å²) in [4.78, 5) is 13.1. The summed E-state index contributed by atoms with van der Waals surface area (Å²) in [7, 11) is 0. The van der Waals surface area contributed by atoms with Crippen LogP contribution in [0.15, 0.2) is 0 Å². The van der Waals surface area contributed by atoms with Crippen LogP contribution in [0, 0.1) is 0 Å². The van der Waals surface area contributed by atoms with Gasteiger partial charge in [0.1, 0.15) is 0 Å². The summed E-state index contributed by atoms with van der Waals surface area (Å²) >= 11 is 0. The Hall–Kier alpha value is -0.650. The fraction of sp³-hybridized carbons (Fsp3) is 0.950. The first-order chi connectivity index (χ1) is 12.1. The molecule has 5 heteroatoms. The van der Waals surface area contributed by atoms with Gasteiger partial charge in [0.05, 0.1) is 6.10 Å². The predicted octanol–water partition coefficient (Wildman–Crippen LogP) is 2.93. The van der Waals surface area contributed by atoms with Crippen LogP contribution in [0.5, 0.6) is 0 Å². The lowest BCUT2D eigenvalue weighted by molar-refractivity contribution is -0.118. The van der Waals surface area contributed by atoms with E-state index in [0.717, 1.165) is 45.6 Å². The molecule has 0 saturated heterocycles. The van der Waals surface area contributed by atoms with Gasteiger partial charge in [-0.1, -0.05) is 65.2 Å². The number of nitrogens with zero attached hydrogens (tertiary/aromatic N) is 1. The summed E-state index contributed by atoms with van der Waals surface area (Å²) < 4.78 is 0. The first-order valence-electron chi connectivity index (χ1n) is 10.5. The third-order valence-electron chi connectivity index (χ3n) is 4.59. The van der Waals surface area contributed by atoms with Crippen LogP contribution in [0.3, 0.4) is 0 Å². The molecule has 1 atom stereocenters. The van der Waals surface area contributed by atoms with Crippen molar-refractivity contribution in [3.05, 3.63) is 0 Å². The van der Waals surface area contributed by atoms with Crippen molar-refractivity contribution in [3.8, 4) is 0 Å². The average Bonchev–Trinajstić information content (AvgIpc) is 2.58. The normalized spacial score (nSPS) is 12.5. The molecule has 0 heterocycles. The molecule has 0 spiro atoms. The molecule has 150 valence electrons. The standard InChI is InChI=1S/C20H43N3O2/c1-4-6-7-8-9-10-11-12-13-20(25)18-23(5-2)17-16-21-14-15-22-19(3)24/h20-21,25H,4-18H2,1-3H3,(H,22,24). The topological polar surface area (TPSA) is 64.6 Å². The van der Waals surface area contributed by atoms with E-state index in [0.29, 0.717) is 6.54 Å². The second-order valence-electron chi connectivity index (χ2n) is 7.04. The minimum absolute atomic E-state index is 0.0149. The van der Waals surface area contributed by atoms with Crippen LogP contribution in [0.4, 0.5) is 0 Å². The van der Waals surface area contributed by atoms with Gasteiger partial charge in [-0.3, -0.25) is 9.69 Å². The minimum Gasteiger partial charge on any atom is -0.392 e. The molecule has 0 rings (SSSR count). The number of aliphatic hydroxyl groups excluding tert-OH is 1. The Morgan fingerprint density at radius 2 is 1.60 bits per heavy atom. The number of aliphatic hydroxyl groups is 1. The molecule has 1 unspecified atom stereocenters. The number of carbonyl (C=O) groups excluding carboxylic acids is 1. The largest absolute Gasteiger partial charge is 0.392 e. The van der Waals surface area contributed by atoms with Gasteiger partial charge in [-0.15, -0.1) is 0 Å². The lowest BCUT2D eigenvalue weighted by Crippen LogP contribution is -2.39. The molecule has 0 aromatic carbocycles. The first-order valence-corrected chi connectivity index (χ1v) is 10.5. The number of hydrogen-bond acceptors (Lipinski definition) is 4. The molecule has 0 aliphatic carbocycles. The van der Waals surface area contributed by atoms with Gasteiger partial charge in [-0.05, 0) is 13.0 Å². The quantitative estimate of drug-likeness (QED) is 0.330. The highest BCUT2D eigenvalue weighted by Gasteiger charge is 2.09. The van der Waals surface area contributed by atoms with Crippen LogP contribution >= 0.6 is 0 Å². The van der Waals surface area contributed by atoms with Crippen molar-refractivity contribution in [3.63, 3.8) is 0 Å². The molecule has 0 aromatic heterocycles. The summed E-state index contributed by atoms with van der Waals surface area (Å²) in [5.74, 6) is 0.0149. The van der Waals surface area contributed by atoms with E-state index in [-0.39, 0.29) is 12.0 Å². The lowest BCUT2D eigenvalue weighted by atomic mass is 10.1. The van der Waals surface area contributed by atoms with E-state index in [4.69, 9.17) is 0 Å². The third kappa shape index (κ3) is 18.0. The van der Waals surface area contributed by atoms with Gasteiger partial charge in [0.25, 0.3) is 0 Å². The zero-order valence-corrected chi connectivity index (χ0v) is 17.0. The van der Waals surface area contributed by atoms with Gasteiger partial charge in [-0.25, -0.2) is 0 Å². The molecule has 0 aliphatic rings. The summed E-state index contributed by atoms with van der Waals surface area (Å²) in [5, 5.41) is 16.3. The average molecular weight is 358 g/mol. The Balaban J connectivity index is 3.53. The van der Waals surface area contributed by atoms with Crippen LogP contribution in [0.2, 0.25) is 0 Å². The molecular weight excluding hydrogens is 314 g/mol. The maximum Gasteiger partial charge on any atom is 0.216 e. The molecule has 0 radical (unpaired) electrons. The van der Waals surface area contributed by atoms with Crippen LogP contribution in [-0.4, -0.2) is 61.3 Å². The van der Waals surface area contributed by atoms with Crippen LogP contribution in [-0.2, 0) is 4.79 Å². The summed E-state index contributed by atoms with van der Waals surface area (Å²) in [6.07, 6.45) is 11.2. The molecular formula is C20H43N3O2. The van der Waals surface area contributed by atoms with Gasteiger partial charge < -0.3 is 15.7 Å². The Morgan fingerprint density at radius 1 is 0.960 bits per heavy atom. The predicted molar refractivity (Wildman–Crippen MR) is 107 cm³/mol. The molecule has 0 aromatic rings. The van der Waals surface area contributed by atoms with Crippen molar-refractivity contribution in [1.82, 2.24) is 15.5 Å². The second-order valence-corrected chi connectivity index (χ2v) is 7.04. The smallest absolute Gasteiger partial charge is 0.216 e. The number of amides is 1. The molecule has 0 aliphatic heterocycles. The third-order valence-corrected chi connectivity index (χ3v) is 4.59. The van der Waals surface area contributed by atoms with Gasteiger partial charge in [0.15, 0.2) is 0 Å². The van der Waals surface area contributed by atoms with E-state index in [1.165, 1.54) is 51.9 Å². The van der Waals surface area contributed by atoms with Crippen molar-refractivity contribution in [2.45, 2.75) is 84.7 Å². The summed E-state index contributed by atoms with van der Waals surface area (Å²) in [6.45, 7) is 10.9. The van der Waals surface area contributed by atoms with Crippen molar-refractivity contribution in [2.75, 3.05) is 39.3 Å². The number of rotatable bonds is 18. The van der Waals surface area contributed by atoms with Crippen molar-refractivity contribution < 1.29 is 9.90 Å². The van der Waals surface area contributed by atoms with E-state index < -0.39 is 0 Å². The maximum atomic E-state index is 10.8. The minimum atomic E-state index is -0.209. The van der Waals surface area contributed by atoms with Crippen LogP contribution in [0.1, 0.15) is 78.6 Å². The van der Waals surface area contributed by atoms with E-state index in [2.05, 4.69) is 29.4 Å². The number of carbonyl (C=O) groups is 1. The zero-order valence-electron chi connectivity index (χ0n) is 17.0. The highest BCUT2D eigenvalue weighted by Crippen LogP contribution is 2.11. The summed E-state index contributed by atoms with van der Waals surface area (Å²) in [5.41, 5.74) is 0. The highest BCUT2D eigenvalue weighted by molar-refractivity contribution is 5.72. The molecule has 3 N–H and O–H groups in total. The van der Waals surface area contributed by atoms with Crippen molar-refractivity contribution in [1.29, 1.82) is 0 Å². The Morgan fingerprint density at radius 3 is 2.20 bits per heavy atom. The zero-order chi connectivity index (χ0) is 18.8. The number of hydrogen-bond donors (Lipinski definition) is 3. The fourth-order valence-corrected chi connectivity index (χ4v) is 2.97. The van der Waals surface area contributed by atoms with E-state index in [1.54, 1.807) is 0 Å². The molecule has 1 amide bonds. The second kappa shape index (κ2) is 18.2. The SMILES string of the molecule is CCCCCCCCCCC(O)CN(CC)CCNCCNC(C)=O. The fourth-order valence-electron chi connectivity index (χ4n) is 2.97. The van der Waals surface area contributed by atoms with E-state index >= 15 is 0 Å².